The third kappa shape index (κ3) is 8.14. The van der Waals surface area contributed by atoms with Crippen molar-refractivity contribution in [3.8, 4) is 0 Å². The summed E-state index contributed by atoms with van der Waals surface area (Å²) in [6, 6.07) is -0.640. The van der Waals surface area contributed by atoms with Crippen LogP contribution < -0.4 is 22.5 Å². The lowest BCUT2D eigenvalue weighted by Gasteiger charge is -2.10. The largest absolute Gasteiger partial charge is 0.370 e. The van der Waals surface area contributed by atoms with Crippen molar-refractivity contribution in [2.45, 2.75) is 18.9 Å². The Balaban J connectivity index is 3.71. The van der Waals surface area contributed by atoms with E-state index in [9.17, 15) is 9.59 Å². The van der Waals surface area contributed by atoms with Gasteiger partial charge in [-0.1, -0.05) is 9.24 Å². The van der Waals surface area contributed by atoms with E-state index in [0.29, 0.717) is 19.4 Å². The summed E-state index contributed by atoms with van der Waals surface area (Å²) in [5, 5.41) is 2.41. The van der Waals surface area contributed by atoms with Crippen LogP contribution in [0, 0.1) is 0 Å². The topological polar surface area (TPSA) is 137 Å². The van der Waals surface area contributed by atoms with E-state index in [-0.39, 0.29) is 23.9 Å². The SMILES string of the molecule is NC(N)=NCCCC(N)C(=O)NCC(=O)P. The maximum Gasteiger partial charge on any atom is 0.237 e. The van der Waals surface area contributed by atoms with Gasteiger partial charge < -0.3 is 22.5 Å². The first-order chi connectivity index (χ1) is 7.43. The van der Waals surface area contributed by atoms with Crippen LogP contribution in [0.25, 0.3) is 0 Å². The zero-order chi connectivity index (χ0) is 12.6. The molecule has 0 spiro atoms. The lowest BCUT2D eigenvalue weighted by molar-refractivity contribution is -0.124. The van der Waals surface area contributed by atoms with E-state index in [1.807, 2.05) is 9.24 Å². The molecule has 2 atom stereocenters. The number of carbonyl (C=O) groups excluding carboxylic acids is 2. The van der Waals surface area contributed by atoms with Crippen molar-refractivity contribution in [1.82, 2.24) is 5.32 Å². The summed E-state index contributed by atoms with van der Waals surface area (Å²) in [4.78, 5) is 25.6. The zero-order valence-electron chi connectivity index (χ0n) is 8.98. The predicted molar refractivity (Wildman–Crippen MR) is 65.6 cm³/mol. The first-order valence-electron chi connectivity index (χ1n) is 4.80. The molecule has 0 aliphatic carbocycles. The van der Waals surface area contributed by atoms with E-state index >= 15 is 0 Å². The first kappa shape index (κ1) is 14.8. The maximum absolute atomic E-state index is 11.3. The van der Waals surface area contributed by atoms with E-state index in [4.69, 9.17) is 17.2 Å². The van der Waals surface area contributed by atoms with E-state index < -0.39 is 6.04 Å². The molecular weight excluding hydrogens is 229 g/mol. The van der Waals surface area contributed by atoms with Crippen LogP contribution in [0.15, 0.2) is 4.99 Å². The van der Waals surface area contributed by atoms with Crippen LogP contribution in [0.2, 0.25) is 0 Å². The Morgan fingerprint density at radius 3 is 2.50 bits per heavy atom. The van der Waals surface area contributed by atoms with E-state index in [0.717, 1.165) is 0 Å². The number of rotatable bonds is 7. The van der Waals surface area contributed by atoms with Crippen LogP contribution in [-0.2, 0) is 9.59 Å². The first-order valence-corrected chi connectivity index (χ1v) is 5.38. The summed E-state index contributed by atoms with van der Waals surface area (Å²) in [7, 11) is 1.97. The number of guanidine groups is 1. The van der Waals surface area contributed by atoms with Crippen molar-refractivity contribution in [2.24, 2.45) is 22.2 Å². The molecule has 0 bridgehead atoms. The van der Waals surface area contributed by atoms with Crippen LogP contribution in [0.3, 0.4) is 0 Å². The highest BCUT2D eigenvalue weighted by Crippen LogP contribution is 1.95. The van der Waals surface area contributed by atoms with E-state index in [1.54, 1.807) is 0 Å². The Kier molecular flexibility index (Phi) is 7.41. The summed E-state index contributed by atoms with van der Waals surface area (Å²) in [6.07, 6.45) is 1.08. The molecule has 0 saturated carbocycles. The van der Waals surface area contributed by atoms with Crippen molar-refractivity contribution in [2.75, 3.05) is 13.1 Å². The summed E-state index contributed by atoms with van der Waals surface area (Å²) >= 11 is 0. The highest BCUT2D eigenvalue weighted by molar-refractivity contribution is 7.40. The molecule has 92 valence electrons. The van der Waals surface area contributed by atoms with Gasteiger partial charge in [0.05, 0.1) is 12.6 Å². The molecule has 8 heteroatoms. The average Bonchev–Trinajstić information content (AvgIpc) is 2.20. The second-order valence-corrected chi connectivity index (χ2v) is 3.88. The lowest BCUT2D eigenvalue weighted by Crippen LogP contribution is -2.42. The quantitative estimate of drug-likeness (QED) is 0.176. The van der Waals surface area contributed by atoms with Gasteiger partial charge in [-0.15, -0.1) is 0 Å². The molecule has 0 aromatic carbocycles. The molecule has 7 N–H and O–H groups in total. The molecular formula is C8H18N5O2P. The molecule has 0 radical (unpaired) electrons. The van der Waals surface area contributed by atoms with Crippen LogP contribution >= 0.6 is 9.24 Å². The molecule has 16 heavy (non-hydrogen) atoms. The van der Waals surface area contributed by atoms with Crippen LogP contribution in [0.5, 0.6) is 0 Å². The van der Waals surface area contributed by atoms with Gasteiger partial charge in [0.2, 0.25) is 5.91 Å². The molecule has 0 aliphatic rings. The average molecular weight is 247 g/mol. The molecule has 0 aromatic heterocycles. The van der Waals surface area contributed by atoms with Gasteiger partial charge in [0.15, 0.2) is 11.5 Å². The number of hydrogen-bond donors (Lipinski definition) is 4. The summed E-state index contributed by atoms with van der Waals surface area (Å²) < 4.78 is 0. The minimum atomic E-state index is -0.640. The third-order valence-electron chi connectivity index (χ3n) is 1.74. The molecule has 0 rings (SSSR count). The van der Waals surface area contributed by atoms with Gasteiger partial charge in [0.1, 0.15) is 0 Å². The Labute approximate surface area is 96.4 Å². The number of nitrogens with one attached hydrogen (secondary N) is 1. The number of nitrogens with two attached hydrogens (primary N) is 3. The van der Waals surface area contributed by atoms with Gasteiger partial charge in [-0.2, -0.15) is 0 Å². The van der Waals surface area contributed by atoms with E-state index in [2.05, 4.69) is 10.3 Å². The summed E-state index contributed by atoms with van der Waals surface area (Å²) in [6.45, 7) is 0.414. The lowest BCUT2D eigenvalue weighted by atomic mass is 10.1. The van der Waals surface area contributed by atoms with Crippen molar-refractivity contribution in [1.29, 1.82) is 0 Å². The Morgan fingerprint density at radius 2 is 2.00 bits per heavy atom. The number of carbonyl (C=O) groups is 2. The third-order valence-corrected chi connectivity index (χ3v) is 1.95. The highest BCUT2D eigenvalue weighted by Gasteiger charge is 2.12. The van der Waals surface area contributed by atoms with Crippen LogP contribution in [0.4, 0.5) is 0 Å². The molecule has 1 amide bonds. The fourth-order valence-corrected chi connectivity index (χ4v) is 1.06. The summed E-state index contributed by atoms with van der Waals surface area (Å²) in [5.74, 6) is -0.327. The van der Waals surface area contributed by atoms with Gasteiger partial charge in [-0.05, 0) is 12.8 Å². The van der Waals surface area contributed by atoms with E-state index in [1.165, 1.54) is 0 Å². The highest BCUT2D eigenvalue weighted by atomic mass is 31.0. The normalized spacial score (nSPS) is 11.6. The van der Waals surface area contributed by atoms with Crippen molar-refractivity contribution >= 4 is 26.6 Å². The molecule has 7 nitrogen and oxygen atoms in total. The minimum absolute atomic E-state index is 0.0200. The van der Waals surface area contributed by atoms with Gasteiger partial charge in [0.25, 0.3) is 0 Å². The monoisotopic (exact) mass is 247 g/mol. The Bertz CT molecular complexity index is 278. The Hall–Kier alpha value is -1.20. The number of aliphatic imine (C=N–C) groups is 1. The summed E-state index contributed by atoms with van der Waals surface area (Å²) in [5.41, 5.74) is 15.6. The predicted octanol–water partition coefficient (Wildman–Crippen LogP) is -2.11. The van der Waals surface area contributed by atoms with Crippen LogP contribution in [0.1, 0.15) is 12.8 Å². The molecule has 0 heterocycles. The second kappa shape index (κ2) is 8.01. The minimum Gasteiger partial charge on any atom is -0.370 e. The van der Waals surface area contributed by atoms with Gasteiger partial charge in [-0.3, -0.25) is 14.6 Å². The Morgan fingerprint density at radius 1 is 1.38 bits per heavy atom. The fraction of sp³-hybridized carbons (Fsp3) is 0.625. The smallest absolute Gasteiger partial charge is 0.237 e. The molecule has 0 saturated heterocycles. The number of nitrogens with zero attached hydrogens (tertiary/aromatic N) is 1. The maximum atomic E-state index is 11.3. The molecule has 0 aromatic rings. The number of amides is 1. The van der Waals surface area contributed by atoms with Gasteiger partial charge in [0, 0.05) is 6.54 Å². The van der Waals surface area contributed by atoms with Gasteiger partial charge in [-0.25, -0.2) is 0 Å². The van der Waals surface area contributed by atoms with Gasteiger partial charge >= 0.3 is 0 Å². The fourth-order valence-electron chi connectivity index (χ4n) is 0.956. The second-order valence-electron chi connectivity index (χ2n) is 3.24. The van der Waals surface area contributed by atoms with Crippen molar-refractivity contribution < 1.29 is 9.59 Å². The van der Waals surface area contributed by atoms with Crippen molar-refractivity contribution in [3.63, 3.8) is 0 Å². The molecule has 2 unspecified atom stereocenters. The number of hydrogen-bond acceptors (Lipinski definition) is 4. The zero-order valence-corrected chi connectivity index (χ0v) is 10.1. The van der Waals surface area contributed by atoms with Crippen molar-refractivity contribution in [3.05, 3.63) is 0 Å². The molecule has 0 fully saturated rings. The van der Waals surface area contributed by atoms with Crippen LogP contribution in [-0.4, -0.2) is 36.5 Å². The molecule has 0 aliphatic heterocycles. The standard InChI is InChI=1S/C8H18N5O2P/c9-5(2-1-3-12-8(10)11)7(15)13-4-6(14)16/h5H,1-4,9,16H2,(H,13,15)(H4,10,11,12).